The highest BCUT2D eigenvalue weighted by Gasteiger charge is 2.08. The summed E-state index contributed by atoms with van der Waals surface area (Å²) in [6, 6.07) is 16.9. The SMILES string of the molecule is COC(=O)c1ccc(C=NNc2nc(NCc3ccccc3)nc(N(C)C)n2)cc1. The Labute approximate surface area is 174 Å². The summed E-state index contributed by atoms with van der Waals surface area (Å²) in [5.74, 6) is 0.874. The maximum absolute atomic E-state index is 11.5. The lowest BCUT2D eigenvalue weighted by Crippen LogP contribution is -2.16. The number of carbonyl (C=O) groups is 1. The van der Waals surface area contributed by atoms with E-state index in [1.807, 2.05) is 44.4 Å². The second-order valence-electron chi connectivity index (χ2n) is 6.50. The van der Waals surface area contributed by atoms with Crippen LogP contribution >= 0.6 is 0 Å². The summed E-state index contributed by atoms with van der Waals surface area (Å²) in [7, 11) is 5.06. The molecular weight excluding hydrogens is 382 g/mol. The number of hydrazone groups is 1. The van der Waals surface area contributed by atoms with Crippen molar-refractivity contribution in [3.63, 3.8) is 0 Å². The number of carbonyl (C=O) groups excluding carboxylic acids is 1. The first kappa shape index (κ1) is 20.7. The Bertz CT molecular complexity index is 1010. The van der Waals surface area contributed by atoms with E-state index in [9.17, 15) is 4.79 Å². The first-order valence-electron chi connectivity index (χ1n) is 9.24. The lowest BCUT2D eigenvalue weighted by molar-refractivity contribution is 0.0600. The third-order valence-electron chi connectivity index (χ3n) is 4.03. The van der Waals surface area contributed by atoms with Crippen LogP contribution in [0.2, 0.25) is 0 Å². The second kappa shape index (κ2) is 9.97. The molecule has 0 radical (unpaired) electrons. The largest absolute Gasteiger partial charge is 0.465 e. The van der Waals surface area contributed by atoms with Gasteiger partial charge < -0.3 is 15.0 Å². The van der Waals surface area contributed by atoms with Crippen molar-refractivity contribution in [2.45, 2.75) is 6.54 Å². The van der Waals surface area contributed by atoms with Crippen molar-refractivity contribution < 1.29 is 9.53 Å². The van der Waals surface area contributed by atoms with Gasteiger partial charge in [0.05, 0.1) is 18.9 Å². The van der Waals surface area contributed by atoms with Gasteiger partial charge in [-0.05, 0) is 23.3 Å². The molecule has 0 spiro atoms. The van der Waals surface area contributed by atoms with Crippen molar-refractivity contribution in [3.05, 3.63) is 71.3 Å². The average molecular weight is 405 g/mol. The van der Waals surface area contributed by atoms with E-state index in [4.69, 9.17) is 0 Å². The third kappa shape index (κ3) is 5.74. The highest BCUT2D eigenvalue weighted by molar-refractivity contribution is 5.90. The first-order chi connectivity index (χ1) is 14.5. The van der Waals surface area contributed by atoms with Crippen LogP contribution in [0.25, 0.3) is 0 Å². The number of anilines is 3. The predicted molar refractivity (Wildman–Crippen MR) is 117 cm³/mol. The van der Waals surface area contributed by atoms with Crippen molar-refractivity contribution in [1.29, 1.82) is 0 Å². The van der Waals surface area contributed by atoms with Crippen LogP contribution in [-0.2, 0) is 11.3 Å². The Morgan fingerprint density at radius 1 is 1.03 bits per heavy atom. The molecule has 1 aromatic heterocycles. The predicted octanol–water partition coefficient (Wildman–Crippen LogP) is 2.78. The van der Waals surface area contributed by atoms with Crippen molar-refractivity contribution in [3.8, 4) is 0 Å². The molecule has 2 aromatic carbocycles. The van der Waals surface area contributed by atoms with Crippen molar-refractivity contribution >= 4 is 30.0 Å². The highest BCUT2D eigenvalue weighted by Crippen LogP contribution is 2.13. The topological polar surface area (TPSA) is 105 Å². The molecule has 3 rings (SSSR count). The zero-order valence-corrected chi connectivity index (χ0v) is 17.0. The molecule has 0 bridgehead atoms. The summed E-state index contributed by atoms with van der Waals surface area (Å²) in [6.45, 7) is 0.590. The molecule has 154 valence electrons. The van der Waals surface area contributed by atoms with Crippen molar-refractivity contribution in [2.75, 3.05) is 36.8 Å². The van der Waals surface area contributed by atoms with Crippen molar-refractivity contribution in [2.24, 2.45) is 5.10 Å². The molecule has 0 aliphatic carbocycles. The van der Waals surface area contributed by atoms with Gasteiger partial charge in [0.2, 0.25) is 17.8 Å². The van der Waals surface area contributed by atoms with E-state index >= 15 is 0 Å². The van der Waals surface area contributed by atoms with Crippen LogP contribution in [-0.4, -0.2) is 48.3 Å². The Morgan fingerprint density at radius 3 is 2.40 bits per heavy atom. The van der Waals surface area contributed by atoms with E-state index in [-0.39, 0.29) is 5.97 Å². The van der Waals surface area contributed by atoms with E-state index in [1.165, 1.54) is 7.11 Å². The van der Waals surface area contributed by atoms with E-state index in [0.717, 1.165) is 11.1 Å². The molecular formula is C21H23N7O2. The standard InChI is InChI=1S/C21H23N7O2/c1-28(2)21-25-19(22-13-15-7-5-4-6-8-15)24-20(26-21)27-23-14-16-9-11-17(12-10-16)18(29)30-3/h4-12,14H,13H2,1-3H3,(H2,22,24,25,26,27). The molecule has 2 N–H and O–H groups in total. The van der Waals surface area contributed by atoms with Gasteiger partial charge in [-0.25, -0.2) is 10.2 Å². The number of benzene rings is 2. The van der Waals surface area contributed by atoms with Gasteiger partial charge in [0, 0.05) is 20.6 Å². The summed E-state index contributed by atoms with van der Waals surface area (Å²) < 4.78 is 4.69. The lowest BCUT2D eigenvalue weighted by Gasteiger charge is -2.13. The van der Waals surface area contributed by atoms with Gasteiger partial charge in [-0.1, -0.05) is 42.5 Å². The number of ether oxygens (including phenoxy) is 1. The Hall–Kier alpha value is -4.01. The summed E-state index contributed by atoms with van der Waals surface area (Å²) in [5.41, 5.74) is 5.22. The van der Waals surface area contributed by atoms with Crippen LogP contribution in [0, 0.1) is 0 Å². The lowest BCUT2D eigenvalue weighted by atomic mass is 10.1. The minimum Gasteiger partial charge on any atom is -0.465 e. The second-order valence-corrected chi connectivity index (χ2v) is 6.50. The summed E-state index contributed by atoms with van der Waals surface area (Å²) in [6.07, 6.45) is 1.61. The minimum atomic E-state index is -0.381. The molecule has 9 nitrogen and oxygen atoms in total. The van der Waals surface area contributed by atoms with Crippen LogP contribution in [0.15, 0.2) is 59.7 Å². The van der Waals surface area contributed by atoms with E-state index in [0.29, 0.717) is 30.0 Å². The molecule has 0 fully saturated rings. The fraction of sp³-hybridized carbons (Fsp3) is 0.190. The maximum atomic E-state index is 11.5. The molecule has 0 saturated heterocycles. The number of nitrogens with one attached hydrogen (secondary N) is 2. The number of methoxy groups -OCH3 is 1. The normalized spacial score (nSPS) is 10.6. The van der Waals surface area contributed by atoms with Gasteiger partial charge in [0.15, 0.2) is 0 Å². The zero-order valence-electron chi connectivity index (χ0n) is 17.0. The van der Waals surface area contributed by atoms with Gasteiger partial charge in [-0.2, -0.15) is 20.1 Å². The van der Waals surface area contributed by atoms with Crippen LogP contribution in [0.5, 0.6) is 0 Å². The number of rotatable bonds is 8. The van der Waals surface area contributed by atoms with E-state index in [2.05, 4.69) is 35.5 Å². The highest BCUT2D eigenvalue weighted by atomic mass is 16.5. The van der Waals surface area contributed by atoms with Crippen LogP contribution < -0.4 is 15.6 Å². The Balaban J connectivity index is 1.69. The maximum Gasteiger partial charge on any atom is 0.337 e. The van der Waals surface area contributed by atoms with Gasteiger partial charge >= 0.3 is 5.97 Å². The molecule has 9 heteroatoms. The number of aromatic nitrogens is 3. The van der Waals surface area contributed by atoms with Crippen LogP contribution in [0.1, 0.15) is 21.5 Å². The molecule has 3 aromatic rings. The van der Waals surface area contributed by atoms with Crippen molar-refractivity contribution in [1.82, 2.24) is 15.0 Å². The molecule has 30 heavy (non-hydrogen) atoms. The first-order valence-corrected chi connectivity index (χ1v) is 9.24. The van der Waals surface area contributed by atoms with E-state index < -0.39 is 0 Å². The van der Waals surface area contributed by atoms with Crippen LogP contribution in [0.4, 0.5) is 17.8 Å². The van der Waals surface area contributed by atoms with Crippen LogP contribution in [0.3, 0.4) is 0 Å². The third-order valence-corrected chi connectivity index (χ3v) is 4.03. The summed E-state index contributed by atoms with van der Waals surface area (Å²) >= 11 is 0. The number of hydrogen-bond acceptors (Lipinski definition) is 9. The molecule has 0 saturated carbocycles. The molecule has 0 aliphatic heterocycles. The zero-order chi connectivity index (χ0) is 21.3. The summed E-state index contributed by atoms with van der Waals surface area (Å²) in [4.78, 5) is 26.4. The van der Waals surface area contributed by atoms with Gasteiger partial charge in [-0.15, -0.1) is 0 Å². The molecule has 1 heterocycles. The monoisotopic (exact) mass is 405 g/mol. The molecule has 0 aliphatic rings. The average Bonchev–Trinajstić information content (AvgIpc) is 2.78. The molecule has 0 amide bonds. The molecule has 0 atom stereocenters. The smallest absolute Gasteiger partial charge is 0.337 e. The molecule has 0 unspecified atom stereocenters. The quantitative estimate of drug-likeness (QED) is 0.335. The fourth-order valence-corrected chi connectivity index (χ4v) is 2.46. The number of nitrogens with zero attached hydrogens (tertiary/aromatic N) is 5. The van der Waals surface area contributed by atoms with Gasteiger partial charge in [-0.3, -0.25) is 0 Å². The minimum absolute atomic E-state index is 0.312. The van der Waals surface area contributed by atoms with E-state index in [1.54, 1.807) is 35.4 Å². The van der Waals surface area contributed by atoms with Gasteiger partial charge in [0.25, 0.3) is 0 Å². The Morgan fingerprint density at radius 2 is 1.73 bits per heavy atom. The fourth-order valence-electron chi connectivity index (χ4n) is 2.46. The summed E-state index contributed by atoms with van der Waals surface area (Å²) in [5, 5.41) is 7.38. The number of esters is 1. The Kier molecular flexibility index (Phi) is 6.88. The van der Waals surface area contributed by atoms with Gasteiger partial charge in [0.1, 0.15) is 0 Å². The number of hydrogen-bond donors (Lipinski definition) is 2.